The van der Waals surface area contributed by atoms with Gasteiger partial charge in [0.15, 0.2) is 6.61 Å². The van der Waals surface area contributed by atoms with Gasteiger partial charge in [0.1, 0.15) is 11.6 Å². The van der Waals surface area contributed by atoms with Gasteiger partial charge in [0.25, 0.3) is 5.78 Å². The first kappa shape index (κ1) is 19.7. The molecule has 0 aliphatic rings. The fraction of sp³-hybridized carbons (Fsp3) is 0.308. The SMILES string of the molecule is CCOC(=O)COc1cc(NN=CC(=O)C(F)(F)F)c(F)cc1Cl. The monoisotopic (exact) mass is 370 g/mol. The number of benzene rings is 1. The molecule has 0 radical (unpaired) electrons. The van der Waals surface area contributed by atoms with Gasteiger partial charge in [-0.2, -0.15) is 18.3 Å². The molecule has 0 aliphatic carbocycles. The summed E-state index contributed by atoms with van der Waals surface area (Å²) in [6.07, 6.45) is -5.13. The van der Waals surface area contributed by atoms with E-state index in [2.05, 4.69) is 9.84 Å². The van der Waals surface area contributed by atoms with E-state index in [1.807, 2.05) is 5.43 Å². The Bertz CT molecular complexity index is 650. The number of anilines is 1. The molecular weight excluding hydrogens is 360 g/mol. The number of Topliss-reactive ketones (excluding diaryl/α,β-unsaturated/α-hetero) is 1. The van der Waals surface area contributed by atoms with Crippen LogP contribution in [0.1, 0.15) is 6.92 Å². The maximum atomic E-state index is 13.6. The molecule has 0 atom stereocenters. The van der Waals surface area contributed by atoms with Gasteiger partial charge in [-0.15, -0.1) is 0 Å². The van der Waals surface area contributed by atoms with Crippen molar-refractivity contribution < 1.29 is 36.6 Å². The van der Waals surface area contributed by atoms with Crippen molar-refractivity contribution in [2.45, 2.75) is 13.1 Å². The highest BCUT2D eigenvalue weighted by molar-refractivity contribution is 6.32. The van der Waals surface area contributed by atoms with Crippen LogP contribution in [0.25, 0.3) is 0 Å². The lowest BCUT2D eigenvalue weighted by molar-refractivity contribution is -0.162. The summed E-state index contributed by atoms with van der Waals surface area (Å²) in [5.74, 6) is -4.00. The van der Waals surface area contributed by atoms with Crippen molar-refractivity contribution in [2.75, 3.05) is 18.6 Å². The van der Waals surface area contributed by atoms with E-state index in [1.165, 1.54) is 0 Å². The van der Waals surface area contributed by atoms with Gasteiger partial charge in [0, 0.05) is 6.07 Å². The quantitative estimate of drug-likeness (QED) is 0.345. The van der Waals surface area contributed by atoms with E-state index in [-0.39, 0.29) is 23.6 Å². The predicted octanol–water partition coefficient (Wildman–Crippen LogP) is 2.95. The summed E-state index contributed by atoms with van der Waals surface area (Å²) in [5, 5.41) is 2.81. The Morgan fingerprint density at radius 3 is 2.62 bits per heavy atom. The topological polar surface area (TPSA) is 77.0 Å². The number of carbonyl (C=O) groups excluding carboxylic acids is 2. The summed E-state index contributed by atoms with van der Waals surface area (Å²) < 4.78 is 59.2. The standard InChI is InChI=1S/C13H11ClF4N2O4/c1-2-23-12(22)6-24-10-4-9(8(15)3-7(10)14)20-19-5-11(21)13(16,17)18/h3-5,20H,2,6H2,1H3. The normalized spacial score (nSPS) is 11.4. The highest BCUT2D eigenvalue weighted by Gasteiger charge is 2.36. The van der Waals surface area contributed by atoms with Crippen molar-refractivity contribution >= 4 is 35.3 Å². The minimum Gasteiger partial charge on any atom is -0.480 e. The van der Waals surface area contributed by atoms with Crippen LogP contribution in [0, 0.1) is 5.82 Å². The highest BCUT2D eigenvalue weighted by atomic mass is 35.5. The van der Waals surface area contributed by atoms with Crippen molar-refractivity contribution in [3.63, 3.8) is 0 Å². The molecule has 0 saturated carbocycles. The fourth-order valence-corrected chi connectivity index (χ4v) is 1.50. The number of ether oxygens (including phenoxy) is 2. The van der Waals surface area contributed by atoms with Gasteiger partial charge in [-0.05, 0) is 13.0 Å². The Labute approximate surface area is 138 Å². The van der Waals surface area contributed by atoms with Crippen LogP contribution >= 0.6 is 11.6 Å². The summed E-state index contributed by atoms with van der Waals surface area (Å²) in [7, 11) is 0. The molecule has 1 N–H and O–H groups in total. The molecule has 6 nitrogen and oxygen atoms in total. The van der Waals surface area contributed by atoms with Crippen LogP contribution in [0.5, 0.6) is 5.75 Å². The first-order chi connectivity index (χ1) is 11.1. The van der Waals surface area contributed by atoms with E-state index in [0.29, 0.717) is 0 Å². The van der Waals surface area contributed by atoms with Crippen LogP contribution in [0.2, 0.25) is 5.02 Å². The summed E-state index contributed by atoms with van der Waals surface area (Å²) in [6.45, 7) is 1.22. The van der Waals surface area contributed by atoms with Gasteiger partial charge in [0.05, 0.1) is 23.5 Å². The van der Waals surface area contributed by atoms with Crippen molar-refractivity contribution in [3.05, 3.63) is 23.0 Å². The molecule has 132 valence electrons. The molecular formula is C13H11ClF4N2O4. The number of hydrogen-bond donors (Lipinski definition) is 1. The van der Waals surface area contributed by atoms with Gasteiger partial charge in [-0.25, -0.2) is 9.18 Å². The smallest absolute Gasteiger partial charge is 0.455 e. The second-order valence-electron chi connectivity index (χ2n) is 4.09. The van der Waals surface area contributed by atoms with Crippen molar-refractivity contribution in [3.8, 4) is 5.75 Å². The number of ketones is 1. The van der Waals surface area contributed by atoms with Gasteiger partial charge in [-0.3, -0.25) is 10.2 Å². The summed E-state index contributed by atoms with van der Waals surface area (Å²) in [6, 6.07) is 1.76. The van der Waals surface area contributed by atoms with E-state index < -0.39 is 36.0 Å². The van der Waals surface area contributed by atoms with Crippen LogP contribution < -0.4 is 10.2 Å². The first-order valence-corrected chi connectivity index (χ1v) is 6.70. The number of hydrogen-bond acceptors (Lipinski definition) is 6. The molecule has 0 unspecified atom stereocenters. The number of nitrogens with one attached hydrogen (secondary N) is 1. The molecule has 0 aliphatic heterocycles. The number of hydrazone groups is 1. The molecule has 0 spiro atoms. The maximum Gasteiger partial charge on any atom is 0.455 e. The van der Waals surface area contributed by atoms with E-state index in [9.17, 15) is 27.2 Å². The molecule has 0 bridgehead atoms. The molecule has 1 aromatic carbocycles. The third-order valence-corrected chi connectivity index (χ3v) is 2.61. The molecule has 0 amide bonds. The summed E-state index contributed by atoms with van der Waals surface area (Å²) >= 11 is 5.72. The lowest BCUT2D eigenvalue weighted by atomic mass is 10.3. The fourth-order valence-electron chi connectivity index (χ4n) is 1.30. The molecule has 1 aromatic rings. The van der Waals surface area contributed by atoms with Crippen molar-refractivity contribution in [2.24, 2.45) is 5.10 Å². The van der Waals surface area contributed by atoms with Gasteiger partial charge < -0.3 is 9.47 Å². The molecule has 1 rings (SSSR count). The number of carbonyl (C=O) groups is 2. The van der Waals surface area contributed by atoms with Gasteiger partial charge in [0.2, 0.25) is 0 Å². The van der Waals surface area contributed by atoms with E-state index >= 15 is 0 Å². The van der Waals surface area contributed by atoms with E-state index in [1.54, 1.807) is 6.92 Å². The van der Waals surface area contributed by atoms with Crippen molar-refractivity contribution in [1.82, 2.24) is 0 Å². The van der Waals surface area contributed by atoms with Crippen LogP contribution in [0.4, 0.5) is 23.2 Å². The molecule has 0 heterocycles. The number of esters is 1. The van der Waals surface area contributed by atoms with Crippen LogP contribution in [-0.4, -0.2) is 37.4 Å². The largest absolute Gasteiger partial charge is 0.480 e. The third-order valence-electron chi connectivity index (χ3n) is 2.32. The second kappa shape index (κ2) is 8.48. The molecule has 0 fully saturated rings. The van der Waals surface area contributed by atoms with E-state index in [0.717, 1.165) is 12.1 Å². The number of nitrogens with zero attached hydrogens (tertiary/aromatic N) is 1. The minimum absolute atomic E-state index is 0.0484. The van der Waals surface area contributed by atoms with Crippen LogP contribution in [0.3, 0.4) is 0 Å². The summed E-state index contributed by atoms with van der Waals surface area (Å²) in [5.41, 5.74) is 1.50. The van der Waals surface area contributed by atoms with Gasteiger partial charge in [-0.1, -0.05) is 11.6 Å². The Balaban J connectivity index is 2.81. The van der Waals surface area contributed by atoms with Crippen LogP contribution in [0.15, 0.2) is 17.2 Å². The Hall–Kier alpha value is -2.36. The zero-order chi connectivity index (χ0) is 18.3. The Kier molecular flexibility index (Phi) is 6.96. The molecule has 24 heavy (non-hydrogen) atoms. The average molecular weight is 371 g/mol. The zero-order valence-electron chi connectivity index (χ0n) is 12.1. The number of alkyl halides is 3. The summed E-state index contributed by atoms with van der Waals surface area (Å²) in [4.78, 5) is 21.8. The highest BCUT2D eigenvalue weighted by Crippen LogP contribution is 2.30. The Morgan fingerprint density at radius 1 is 1.38 bits per heavy atom. The van der Waals surface area contributed by atoms with E-state index in [4.69, 9.17) is 16.3 Å². The average Bonchev–Trinajstić information content (AvgIpc) is 2.47. The lowest BCUT2D eigenvalue weighted by Gasteiger charge is -2.10. The molecule has 0 aromatic heterocycles. The van der Waals surface area contributed by atoms with Gasteiger partial charge >= 0.3 is 12.1 Å². The first-order valence-electron chi connectivity index (χ1n) is 6.32. The molecule has 11 heteroatoms. The number of rotatable bonds is 7. The zero-order valence-corrected chi connectivity index (χ0v) is 12.9. The minimum atomic E-state index is -5.09. The predicted molar refractivity (Wildman–Crippen MR) is 76.7 cm³/mol. The van der Waals surface area contributed by atoms with Crippen molar-refractivity contribution in [1.29, 1.82) is 0 Å². The lowest BCUT2D eigenvalue weighted by Crippen LogP contribution is -2.24. The molecule has 0 saturated heterocycles. The second-order valence-corrected chi connectivity index (χ2v) is 4.50. The third kappa shape index (κ3) is 6.03. The number of halogens is 5. The van der Waals surface area contributed by atoms with Crippen LogP contribution in [-0.2, 0) is 14.3 Å². The maximum absolute atomic E-state index is 13.6. The Morgan fingerprint density at radius 2 is 2.04 bits per heavy atom.